The highest BCUT2D eigenvalue weighted by Gasteiger charge is 2.12. The van der Waals surface area contributed by atoms with Crippen LogP contribution in [0.5, 0.6) is 0 Å². The first kappa shape index (κ1) is 13.1. The lowest BCUT2D eigenvalue weighted by Crippen LogP contribution is -2.00. The molecule has 5 nitrogen and oxygen atoms in total. The van der Waals surface area contributed by atoms with Gasteiger partial charge >= 0.3 is 0 Å². The summed E-state index contributed by atoms with van der Waals surface area (Å²) in [4.78, 5) is 14.7. The highest BCUT2D eigenvalue weighted by atomic mass is 16.6. The van der Waals surface area contributed by atoms with Gasteiger partial charge < -0.3 is 4.57 Å². The van der Waals surface area contributed by atoms with E-state index in [1.807, 2.05) is 41.1 Å². The Morgan fingerprint density at radius 2 is 1.95 bits per heavy atom. The van der Waals surface area contributed by atoms with Gasteiger partial charge in [0.15, 0.2) is 0 Å². The van der Waals surface area contributed by atoms with E-state index in [1.165, 1.54) is 6.07 Å². The molecule has 0 aliphatic heterocycles. The maximum atomic E-state index is 11.0. The summed E-state index contributed by atoms with van der Waals surface area (Å²) in [5.74, 6) is 0. The van der Waals surface area contributed by atoms with Crippen LogP contribution in [-0.4, -0.2) is 14.5 Å². The minimum Gasteiger partial charge on any atom is -0.306 e. The fourth-order valence-electron chi connectivity index (χ4n) is 2.30. The molecule has 0 bridgehead atoms. The lowest BCUT2D eigenvalue weighted by atomic mass is 10.0. The molecule has 0 saturated heterocycles. The molecule has 3 rings (SSSR count). The molecule has 3 aromatic rings. The van der Waals surface area contributed by atoms with Crippen molar-refractivity contribution in [3.05, 3.63) is 88.5 Å². The van der Waals surface area contributed by atoms with Gasteiger partial charge in [0.05, 0.1) is 16.9 Å². The number of nitro benzene ring substituents is 1. The van der Waals surface area contributed by atoms with Gasteiger partial charge in [-0.05, 0) is 23.6 Å². The average Bonchev–Trinajstić information content (AvgIpc) is 3.02. The van der Waals surface area contributed by atoms with E-state index in [0.717, 1.165) is 16.8 Å². The Morgan fingerprint density at radius 1 is 1.14 bits per heavy atom. The van der Waals surface area contributed by atoms with Crippen LogP contribution >= 0.6 is 0 Å². The van der Waals surface area contributed by atoms with Gasteiger partial charge in [-0.2, -0.15) is 0 Å². The summed E-state index contributed by atoms with van der Waals surface area (Å²) in [6.07, 6.45) is 5.84. The molecule has 0 radical (unpaired) electrons. The molecular weight excluding hydrogens is 266 g/mol. The van der Waals surface area contributed by atoms with Crippen LogP contribution in [0.2, 0.25) is 0 Å². The zero-order valence-electron chi connectivity index (χ0n) is 11.2. The van der Waals surface area contributed by atoms with Gasteiger partial charge in [-0.3, -0.25) is 10.1 Å². The van der Waals surface area contributed by atoms with E-state index in [9.17, 15) is 10.1 Å². The fourth-order valence-corrected chi connectivity index (χ4v) is 2.30. The minimum absolute atomic E-state index is 0.102. The number of hydrogen-bond donors (Lipinski definition) is 0. The molecule has 0 N–H and O–H groups in total. The van der Waals surface area contributed by atoms with E-state index in [4.69, 9.17) is 0 Å². The number of benzene rings is 2. The largest absolute Gasteiger partial charge is 0.306 e. The number of rotatable bonds is 4. The fraction of sp³-hybridized carbons (Fsp3) is 0.0625. The molecule has 0 fully saturated rings. The molecule has 5 heteroatoms. The Hall–Kier alpha value is -2.95. The summed E-state index contributed by atoms with van der Waals surface area (Å²) in [5, 5.41) is 11.0. The summed E-state index contributed by atoms with van der Waals surface area (Å²) in [6, 6.07) is 14.8. The highest BCUT2D eigenvalue weighted by molar-refractivity contribution is 5.50. The number of non-ortho nitro benzene ring substituents is 1. The zero-order chi connectivity index (χ0) is 14.7. The third-order valence-corrected chi connectivity index (χ3v) is 3.29. The second-order valence-corrected chi connectivity index (χ2v) is 4.70. The van der Waals surface area contributed by atoms with Crippen molar-refractivity contribution in [3.8, 4) is 5.69 Å². The van der Waals surface area contributed by atoms with Crippen molar-refractivity contribution in [1.82, 2.24) is 9.55 Å². The molecular formula is C16H13N3O2. The maximum Gasteiger partial charge on any atom is 0.269 e. The summed E-state index contributed by atoms with van der Waals surface area (Å²) in [6.45, 7) is 0. The van der Waals surface area contributed by atoms with E-state index in [0.29, 0.717) is 6.42 Å². The van der Waals surface area contributed by atoms with Gasteiger partial charge in [0, 0.05) is 24.5 Å². The van der Waals surface area contributed by atoms with Crippen LogP contribution in [-0.2, 0) is 6.42 Å². The molecule has 0 aliphatic rings. The third-order valence-electron chi connectivity index (χ3n) is 3.29. The monoisotopic (exact) mass is 279 g/mol. The minimum atomic E-state index is -0.369. The highest BCUT2D eigenvalue weighted by Crippen LogP contribution is 2.23. The number of aromatic nitrogens is 2. The molecule has 1 aromatic heterocycles. The molecule has 0 spiro atoms. The Bertz CT molecular complexity index is 752. The lowest BCUT2D eigenvalue weighted by molar-refractivity contribution is -0.384. The van der Waals surface area contributed by atoms with Crippen LogP contribution in [0, 0.1) is 10.1 Å². The van der Waals surface area contributed by atoms with Crippen molar-refractivity contribution in [1.29, 1.82) is 0 Å². The second kappa shape index (κ2) is 5.58. The summed E-state index contributed by atoms with van der Waals surface area (Å²) >= 11 is 0. The van der Waals surface area contributed by atoms with Crippen molar-refractivity contribution in [3.63, 3.8) is 0 Å². The van der Waals surface area contributed by atoms with E-state index in [1.54, 1.807) is 24.7 Å². The molecule has 104 valence electrons. The van der Waals surface area contributed by atoms with Crippen LogP contribution in [0.25, 0.3) is 5.69 Å². The topological polar surface area (TPSA) is 61.0 Å². The second-order valence-electron chi connectivity index (χ2n) is 4.70. The van der Waals surface area contributed by atoms with Crippen molar-refractivity contribution in [2.75, 3.05) is 0 Å². The van der Waals surface area contributed by atoms with Gasteiger partial charge in [0.2, 0.25) is 0 Å². The molecule has 2 aromatic carbocycles. The first-order valence-corrected chi connectivity index (χ1v) is 6.53. The molecule has 0 amide bonds. The van der Waals surface area contributed by atoms with Gasteiger partial charge in [0.25, 0.3) is 5.69 Å². The predicted octanol–water partition coefficient (Wildman–Crippen LogP) is 3.37. The molecule has 0 aliphatic carbocycles. The van der Waals surface area contributed by atoms with Crippen molar-refractivity contribution in [2.24, 2.45) is 0 Å². The van der Waals surface area contributed by atoms with E-state index >= 15 is 0 Å². The van der Waals surface area contributed by atoms with Crippen LogP contribution in [0.15, 0.2) is 67.3 Å². The van der Waals surface area contributed by atoms with Gasteiger partial charge in [-0.25, -0.2) is 4.98 Å². The van der Waals surface area contributed by atoms with Gasteiger partial charge in [0.1, 0.15) is 0 Å². The van der Waals surface area contributed by atoms with Crippen LogP contribution < -0.4 is 0 Å². The third kappa shape index (κ3) is 2.81. The maximum absolute atomic E-state index is 11.0. The Morgan fingerprint density at radius 3 is 2.62 bits per heavy atom. The molecule has 1 heterocycles. The van der Waals surface area contributed by atoms with Crippen LogP contribution in [0.1, 0.15) is 11.1 Å². The quantitative estimate of drug-likeness (QED) is 0.543. The predicted molar refractivity (Wildman–Crippen MR) is 79.5 cm³/mol. The van der Waals surface area contributed by atoms with Gasteiger partial charge in [-0.1, -0.05) is 30.3 Å². The van der Waals surface area contributed by atoms with Crippen molar-refractivity contribution < 1.29 is 4.92 Å². The summed E-state index contributed by atoms with van der Waals surface area (Å²) in [5.41, 5.74) is 3.01. The Labute approximate surface area is 121 Å². The zero-order valence-corrected chi connectivity index (χ0v) is 11.2. The van der Waals surface area contributed by atoms with Crippen LogP contribution in [0.3, 0.4) is 0 Å². The Kier molecular flexibility index (Phi) is 3.47. The average molecular weight is 279 g/mol. The van der Waals surface area contributed by atoms with E-state index in [-0.39, 0.29) is 10.6 Å². The number of nitro groups is 1. The van der Waals surface area contributed by atoms with E-state index < -0.39 is 0 Å². The smallest absolute Gasteiger partial charge is 0.269 e. The summed E-state index contributed by atoms with van der Waals surface area (Å²) < 4.78 is 1.86. The van der Waals surface area contributed by atoms with Crippen molar-refractivity contribution >= 4 is 5.69 Å². The van der Waals surface area contributed by atoms with Crippen LogP contribution in [0.4, 0.5) is 5.69 Å². The Balaban J connectivity index is 2.06. The molecule has 21 heavy (non-hydrogen) atoms. The SMILES string of the molecule is O=[N+]([O-])c1ccc(-n2ccnc2)c(Cc2ccccc2)c1. The number of nitrogens with zero attached hydrogens (tertiary/aromatic N) is 3. The molecule has 0 saturated carbocycles. The standard InChI is InChI=1S/C16H13N3O2/c20-19(21)15-6-7-16(18-9-8-17-12-18)14(11-15)10-13-4-2-1-3-5-13/h1-9,11-12H,10H2. The number of imidazole rings is 1. The number of hydrogen-bond acceptors (Lipinski definition) is 3. The first-order chi connectivity index (χ1) is 10.2. The lowest BCUT2D eigenvalue weighted by Gasteiger charge is -2.10. The van der Waals surface area contributed by atoms with Gasteiger partial charge in [-0.15, -0.1) is 0 Å². The van der Waals surface area contributed by atoms with E-state index in [2.05, 4.69) is 4.98 Å². The summed E-state index contributed by atoms with van der Waals surface area (Å²) in [7, 11) is 0. The molecule has 0 atom stereocenters. The van der Waals surface area contributed by atoms with Crippen molar-refractivity contribution in [2.45, 2.75) is 6.42 Å². The normalized spacial score (nSPS) is 10.5. The molecule has 0 unspecified atom stereocenters. The first-order valence-electron chi connectivity index (χ1n) is 6.53.